The minimum absolute atomic E-state index is 0.0283. The van der Waals surface area contributed by atoms with Crippen molar-refractivity contribution < 1.29 is 4.74 Å². The number of aryl methyl sites for hydroxylation is 1. The summed E-state index contributed by atoms with van der Waals surface area (Å²) in [6.45, 7) is 7.09. The number of ether oxygens (including phenoxy) is 1. The van der Waals surface area contributed by atoms with Crippen LogP contribution in [0.1, 0.15) is 56.7 Å². The van der Waals surface area contributed by atoms with Gasteiger partial charge in [0.25, 0.3) is 0 Å². The number of hydrogen-bond acceptors (Lipinski definition) is 2. The van der Waals surface area contributed by atoms with Crippen LogP contribution >= 0.6 is 0 Å². The molecule has 1 rings (SSSR count). The Morgan fingerprint density at radius 2 is 2.00 bits per heavy atom. The summed E-state index contributed by atoms with van der Waals surface area (Å²) in [6, 6.07) is 6.26. The highest BCUT2D eigenvalue weighted by Gasteiger charge is 2.08. The molecule has 0 fully saturated rings. The highest BCUT2D eigenvalue weighted by Crippen LogP contribution is 2.25. The summed E-state index contributed by atoms with van der Waals surface area (Å²) >= 11 is 0. The van der Waals surface area contributed by atoms with Gasteiger partial charge in [0, 0.05) is 11.6 Å². The van der Waals surface area contributed by atoms with Crippen LogP contribution in [0.15, 0.2) is 18.2 Å². The number of hydrogen-bond donors (Lipinski definition) is 1. The zero-order chi connectivity index (χ0) is 12.7. The van der Waals surface area contributed by atoms with E-state index in [9.17, 15) is 0 Å². The lowest BCUT2D eigenvalue weighted by molar-refractivity contribution is 0.300. The molecule has 1 aromatic carbocycles. The molecule has 0 bridgehead atoms. The summed E-state index contributed by atoms with van der Waals surface area (Å²) in [5, 5.41) is 0. The highest BCUT2D eigenvalue weighted by atomic mass is 16.5. The first-order valence-electron chi connectivity index (χ1n) is 6.64. The van der Waals surface area contributed by atoms with Gasteiger partial charge in [0.2, 0.25) is 0 Å². The maximum Gasteiger partial charge on any atom is 0.124 e. The summed E-state index contributed by atoms with van der Waals surface area (Å²) in [7, 11) is 0. The Balaban J connectivity index is 2.52. The molecule has 0 saturated carbocycles. The Kier molecular flexibility index (Phi) is 6.06. The number of benzene rings is 1. The lowest BCUT2D eigenvalue weighted by Gasteiger charge is -2.14. The molecule has 0 heterocycles. The smallest absolute Gasteiger partial charge is 0.124 e. The average Bonchev–Trinajstić information content (AvgIpc) is 2.30. The minimum atomic E-state index is 0.0283. The van der Waals surface area contributed by atoms with Gasteiger partial charge in [0.15, 0.2) is 0 Å². The van der Waals surface area contributed by atoms with Crippen molar-refractivity contribution in [3.63, 3.8) is 0 Å². The average molecular weight is 235 g/mol. The molecule has 1 atom stereocenters. The molecule has 96 valence electrons. The van der Waals surface area contributed by atoms with E-state index in [0.29, 0.717) is 0 Å². The summed E-state index contributed by atoms with van der Waals surface area (Å²) in [5.74, 6) is 0.946. The maximum atomic E-state index is 5.96. The van der Waals surface area contributed by atoms with Crippen LogP contribution in [0.4, 0.5) is 0 Å². The maximum absolute atomic E-state index is 5.96. The van der Waals surface area contributed by atoms with Crippen LogP contribution in [0.3, 0.4) is 0 Å². The summed E-state index contributed by atoms with van der Waals surface area (Å²) < 4.78 is 5.82. The van der Waals surface area contributed by atoms with Crippen molar-refractivity contribution in [1.29, 1.82) is 0 Å². The van der Waals surface area contributed by atoms with Gasteiger partial charge in [0.1, 0.15) is 5.75 Å². The highest BCUT2D eigenvalue weighted by molar-refractivity contribution is 5.38. The van der Waals surface area contributed by atoms with E-state index < -0.39 is 0 Å². The van der Waals surface area contributed by atoms with Gasteiger partial charge in [-0.25, -0.2) is 0 Å². The van der Waals surface area contributed by atoms with Gasteiger partial charge >= 0.3 is 0 Å². The first-order chi connectivity index (χ1) is 8.15. The Morgan fingerprint density at radius 3 is 2.65 bits per heavy atom. The molecule has 0 aliphatic heterocycles. The monoisotopic (exact) mass is 235 g/mol. The van der Waals surface area contributed by atoms with E-state index in [0.717, 1.165) is 24.3 Å². The quantitative estimate of drug-likeness (QED) is 0.726. The summed E-state index contributed by atoms with van der Waals surface area (Å²) in [6.07, 6.45) is 4.92. The third-order valence-electron chi connectivity index (χ3n) is 2.91. The van der Waals surface area contributed by atoms with Gasteiger partial charge < -0.3 is 10.5 Å². The molecule has 1 aromatic rings. The van der Waals surface area contributed by atoms with Gasteiger partial charge in [-0.05, 0) is 26.3 Å². The van der Waals surface area contributed by atoms with Gasteiger partial charge in [-0.15, -0.1) is 0 Å². The van der Waals surface area contributed by atoms with Gasteiger partial charge in [-0.2, -0.15) is 0 Å². The normalized spacial score (nSPS) is 12.5. The lowest BCUT2D eigenvalue weighted by Crippen LogP contribution is -2.09. The molecule has 0 radical (unpaired) electrons. The fourth-order valence-electron chi connectivity index (χ4n) is 1.87. The zero-order valence-electron chi connectivity index (χ0n) is 11.3. The molecular weight excluding hydrogens is 210 g/mol. The Morgan fingerprint density at radius 1 is 1.24 bits per heavy atom. The van der Waals surface area contributed by atoms with E-state index >= 15 is 0 Å². The van der Waals surface area contributed by atoms with E-state index in [1.54, 1.807) is 0 Å². The van der Waals surface area contributed by atoms with Crippen LogP contribution in [0.2, 0.25) is 0 Å². The molecule has 0 aliphatic rings. The van der Waals surface area contributed by atoms with Crippen LogP contribution in [-0.2, 0) is 0 Å². The fraction of sp³-hybridized carbons (Fsp3) is 0.600. The molecule has 2 heteroatoms. The van der Waals surface area contributed by atoms with Gasteiger partial charge in [0.05, 0.1) is 6.61 Å². The molecule has 0 saturated heterocycles. The third kappa shape index (κ3) is 4.78. The van der Waals surface area contributed by atoms with Crippen LogP contribution in [-0.4, -0.2) is 6.61 Å². The molecule has 17 heavy (non-hydrogen) atoms. The first kappa shape index (κ1) is 14.0. The van der Waals surface area contributed by atoms with E-state index in [-0.39, 0.29) is 6.04 Å². The minimum Gasteiger partial charge on any atom is -0.493 e. The van der Waals surface area contributed by atoms with E-state index in [2.05, 4.69) is 26.0 Å². The SMILES string of the molecule is CCCCCCOc1ccc(C)cc1C(C)N. The van der Waals surface area contributed by atoms with Crippen molar-refractivity contribution in [1.82, 2.24) is 0 Å². The second kappa shape index (κ2) is 7.33. The Bertz CT molecular complexity index is 334. The van der Waals surface area contributed by atoms with Crippen LogP contribution in [0.25, 0.3) is 0 Å². The Hall–Kier alpha value is -1.02. The number of rotatable bonds is 7. The standard InChI is InChI=1S/C15H25NO/c1-4-5-6-7-10-17-15-9-8-12(2)11-14(15)13(3)16/h8-9,11,13H,4-7,10,16H2,1-3H3. The first-order valence-corrected chi connectivity index (χ1v) is 6.64. The second-order valence-corrected chi connectivity index (χ2v) is 4.74. The molecule has 0 aliphatic carbocycles. The van der Waals surface area contributed by atoms with Crippen LogP contribution in [0, 0.1) is 6.92 Å². The summed E-state index contributed by atoms with van der Waals surface area (Å²) in [5.41, 5.74) is 8.30. The molecule has 0 amide bonds. The van der Waals surface area contributed by atoms with E-state index in [1.165, 1.54) is 24.8 Å². The predicted octanol–water partition coefficient (Wildman–Crippen LogP) is 3.97. The van der Waals surface area contributed by atoms with Crippen molar-refractivity contribution in [2.75, 3.05) is 6.61 Å². The molecular formula is C15H25NO. The van der Waals surface area contributed by atoms with E-state index in [4.69, 9.17) is 10.5 Å². The molecule has 1 unspecified atom stereocenters. The van der Waals surface area contributed by atoms with Gasteiger partial charge in [-0.3, -0.25) is 0 Å². The predicted molar refractivity (Wildman–Crippen MR) is 73.4 cm³/mol. The van der Waals surface area contributed by atoms with Crippen molar-refractivity contribution in [3.8, 4) is 5.75 Å². The second-order valence-electron chi connectivity index (χ2n) is 4.74. The molecule has 2 N–H and O–H groups in total. The lowest BCUT2D eigenvalue weighted by atomic mass is 10.1. The van der Waals surface area contributed by atoms with Crippen molar-refractivity contribution >= 4 is 0 Å². The summed E-state index contributed by atoms with van der Waals surface area (Å²) in [4.78, 5) is 0. The van der Waals surface area contributed by atoms with Crippen molar-refractivity contribution in [2.24, 2.45) is 5.73 Å². The van der Waals surface area contributed by atoms with Crippen LogP contribution in [0.5, 0.6) is 5.75 Å². The third-order valence-corrected chi connectivity index (χ3v) is 2.91. The zero-order valence-corrected chi connectivity index (χ0v) is 11.3. The fourth-order valence-corrected chi connectivity index (χ4v) is 1.87. The Labute approximate surface area is 105 Å². The largest absolute Gasteiger partial charge is 0.493 e. The van der Waals surface area contributed by atoms with Crippen LogP contribution < -0.4 is 10.5 Å². The van der Waals surface area contributed by atoms with Crippen molar-refractivity contribution in [3.05, 3.63) is 29.3 Å². The van der Waals surface area contributed by atoms with Gasteiger partial charge in [-0.1, -0.05) is 43.9 Å². The number of nitrogens with two attached hydrogens (primary N) is 1. The number of unbranched alkanes of at least 4 members (excludes halogenated alkanes) is 3. The van der Waals surface area contributed by atoms with Crippen molar-refractivity contribution in [2.45, 2.75) is 52.5 Å². The van der Waals surface area contributed by atoms with E-state index in [1.807, 2.05) is 13.0 Å². The molecule has 2 nitrogen and oxygen atoms in total. The molecule has 0 aromatic heterocycles. The topological polar surface area (TPSA) is 35.2 Å². The molecule has 0 spiro atoms.